The third kappa shape index (κ3) is 2.62. The van der Waals surface area contributed by atoms with E-state index in [1.807, 2.05) is 25.1 Å². The number of hydrogen-bond donors (Lipinski definition) is 1. The van der Waals surface area contributed by atoms with E-state index in [1.165, 1.54) is 10.9 Å². The van der Waals surface area contributed by atoms with E-state index in [0.717, 1.165) is 5.69 Å². The van der Waals surface area contributed by atoms with Crippen LogP contribution < -0.4 is 10.2 Å². The van der Waals surface area contributed by atoms with Gasteiger partial charge in [-0.1, -0.05) is 11.6 Å². The highest BCUT2D eigenvalue weighted by Crippen LogP contribution is 2.27. The van der Waals surface area contributed by atoms with E-state index in [4.69, 9.17) is 11.6 Å². The molecule has 0 radical (unpaired) electrons. The number of amides is 1. The molecule has 6 heteroatoms. The zero-order chi connectivity index (χ0) is 13.1. The summed E-state index contributed by atoms with van der Waals surface area (Å²) in [5.74, 6) is 0. The van der Waals surface area contributed by atoms with Crippen LogP contribution in [0.2, 0.25) is 5.02 Å². The Balaban J connectivity index is 2.28. The van der Waals surface area contributed by atoms with Crippen molar-refractivity contribution in [1.82, 2.24) is 9.55 Å². The molecule has 0 unspecified atom stereocenters. The van der Waals surface area contributed by atoms with Gasteiger partial charge in [-0.15, -0.1) is 0 Å². The predicted octanol–water partition coefficient (Wildman–Crippen LogP) is 2.68. The van der Waals surface area contributed by atoms with Crippen molar-refractivity contribution in [2.24, 2.45) is 0 Å². The van der Waals surface area contributed by atoms with Crippen LogP contribution in [0, 0.1) is 0 Å². The van der Waals surface area contributed by atoms with Gasteiger partial charge in [-0.05, 0) is 18.2 Å². The number of aromatic nitrogens is 2. The molecule has 0 aliphatic rings. The van der Waals surface area contributed by atoms with Gasteiger partial charge in [-0.3, -0.25) is 4.57 Å². The number of rotatable bonds is 2. The monoisotopic (exact) mass is 264 g/mol. The zero-order valence-electron chi connectivity index (χ0n) is 10.1. The van der Waals surface area contributed by atoms with Gasteiger partial charge in [0, 0.05) is 31.5 Å². The van der Waals surface area contributed by atoms with Gasteiger partial charge in [0.2, 0.25) is 0 Å². The molecule has 2 aromatic rings. The fraction of sp³-hybridized carbons (Fsp3) is 0.167. The van der Waals surface area contributed by atoms with Crippen LogP contribution in [0.3, 0.4) is 0 Å². The molecule has 1 amide bonds. The van der Waals surface area contributed by atoms with Crippen molar-refractivity contribution >= 4 is 29.0 Å². The molecule has 1 aromatic carbocycles. The van der Waals surface area contributed by atoms with E-state index < -0.39 is 0 Å². The SMILES string of the molecule is CN(C)c1ccc(Cl)cc1NC(=O)n1ccnc1. The Morgan fingerprint density at radius 3 is 2.83 bits per heavy atom. The van der Waals surface area contributed by atoms with Crippen LogP contribution in [-0.2, 0) is 0 Å². The molecule has 94 valence electrons. The average Bonchev–Trinajstić information content (AvgIpc) is 2.81. The van der Waals surface area contributed by atoms with Crippen molar-refractivity contribution in [3.8, 4) is 0 Å². The van der Waals surface area contributed by atoms with Gasteiger partial charge in [0.1, 0.15) is 6.33 Å². The first-order valence-corrected chi connectivity index (χ1v) is 5.72. The molecule has 18 heavy (non-hydrogen) atoms. The van der Waals surface area contributed by atoms with Crippen molar-refractivity contribution in [2.75, 3.05) is 24.3 Å². The largest absolute Gasteiger partial charge is 0.376 e. The Morgan fingerprint density at radius 1 is 1.44 bits per heavy atom. The van der Waals surface area contributed by atoms with Crippen LogP contribution >= 0.6 is 11.6 Å². The Labute approximate surface area is 110 Å². The molecule has 5 nitrogen and oxygen atoms in total. The lowest BCUT2D eigenvalue weighted by Crippen LogP contribution is -2.20. The highest BCUT2D eigenvalue weighted by Gasteiger charge is 2.10. The Hall–Kier alpha value is -2.01. The highest BCUT2D eigenvalue weighted by atomic mass is 35.5. The lowest BCUT2D eigenvalue weighted by molar-refractivity contribution is 0.253. The summed E-state index contributed by atoms with van der Waals surface area (Å²) in [5, 5.41) is 3.36. The number of benzene rings is 1. The standard InChI is InChI=1S/C12H13ClN4O/c1-16(2)11-4-3-9(13)7-10(11)15-12(18)17-6-5-14-8-17/h3-8H,1-2H3,(H,15,18). The predicted molar refractivity (Wildman–Crippen MR) is 72.4 cm³/mol. The molecule has 0 spiro atoms. The van der Waals surface area contributed by atoms with Gasteiger partial charge in [-0.25, -0.2) is 9.78 Å². The molecule has 0 aliphatic heterocycles. The smallest absolute Gasteiger partial charge is 0.331 e. The minimum Gasteiger partial charge on any atom is -0.376 e. The molecular formula is C12H13ClN4O. The fourth-order valence-corrected chi connectivity index (χ4v) is 1.73. The number of nitrogens with one attached hydrogen (secondary N) is 1. The molecule has 1 N–H and O–H groups in total. The number of imidazole rings is 1. The number of carbonyl (C=O) groups excluding carboxylic acids is 1. The average molecular weight is 265 g/mol. The van der Waals surface area contributed by atoms with E-state index in [9.17, 15) is 4.79 Å². The Kier molecular flexibility index (Phi) is 3.53. The van der Waals surface area contributed by atoms with E-state index >= 15 is 0 Å². The van der Waals surface area contributed by atoms with E-state index in [0.29, 0.717) is 10.7 Å². The van der Waals surface area contributed by atoms with Gasteiger partial charge < -0.3 is 10.2 Å². The first kappa shape index (κ1) is 12.4. The van der Waals surface area contributed by atoms with Crippen LogP contribution in [0.4, 0.5) is 16.2 Å². The summed E-state index contributed by atoms with van der Waals surface area (Å²) < 4.78 is 1.36. The third-order valence-electron chi connectivity index (χ3n) is 2.42. The van der Waals surface area contributed by atoms with Crippen molar-refractivity contribution in [1.29, 1.82) is 0 Å². The molecule has 0 bridgehead atoms. The summed E-state index contributed by atoms with van der Waals surface area (Å²) in [6.45, 7) is 0. The van der Waals surface area contributed by atoms with Gasteiger partial charge in [0.05, 0.1) is 11.4 Å². The minimum absolute atomic E-state index is 0.280. The Morgan fingerprint density at radius 2 is 2.22 bits per heavy atom. The summed E-state index contributed by atoms with van der Waals surface area (Å²) in [6, 6.07) is 5.07. The quantitative estimate of drug-likeness (QED) is 0.907. The molecule has 2 rings (SSSR count). The van der Waals surface area contributed by atoms with E-state index in [1.54, 1.807) is 24.5 Å². The second-order valence-electron chi connectivity index (χ2n) is 3.96. The second kappa shape index (κ2) is 5.10. The molecule has 0 saturated carbocycles. The van der Waals surface area contributed by atoms with Crippen molar-refractivity contribution in [3.63, 3.8) is 0 Å². The van der Waals surface area contributed by atoms with Gasteiger partial charge in [-0.2, -0.15) is 0 Å². The molecule has 0 atom stereocenters. The van der Waals surface area contributed by atoms with Crippen molar-refractivity contribution < 1.29 is 4.79 Å². The molecule has 1 heterocycles. The van der Waals surface area contributed by atoms with Crippen molar-refractivity contribution in [3.05, 3.63) is 41.9 Å². The van der Waals surface area contributed by atoms with Gasteiger partial charge >= 0.3 is 6.03 Å². The molecule has 0 aliphatic carbocycles. The summed E-state index contributed by atoms with van der Waals surface area (Å²) in [4.78, 5) is 17.6. The number of hydrogen-bond acceptors (Lipinski definition) is 3. The van der Waals surface area contributed by atoms with Crippen LogP contribution in [0.5, 0.6) is 0 Å². The maximum atomic E-state index is 11.9. The van der Waals surface area contributed by atoms with Gasteiger partial charge in [0.25, 0.3) is 0 Å². The molecule has 1 aromatic heterocycles. The molecule has 0 saturated heterocycles. The van der Waals surface area contributed by atoms with Crippen molar-refractivity contribution in [2.45, 2.75) is 0 Å². The number of anilines is 2. The van der Waals surface area contributed by atoms with Gasteiger partial charge in [0.15, 0.2) is 0 Å². The summed E-state index contributed by atoms with van der Waals surface area (Å²) in [6.07, 6.45) is 4.56. The minimum atomic E-state index is -0.280. The molecule has 0 fully saturated rings. The van der Waals surface area contributed by atoms with Crippen LogP contribution in [-0.4, -0.2) is 29.7 Å². The van der Waals surface area contributed by atoms with Crippen LogP contribution in [0.15, 0.2) is 36.9 Å². The topological polar surface area (TPSA) is 50.2 Å². The fourth-order valence-electron chi connectivity index (χ4n) is 1.56. The zero-order valence-corrected chi connectivity index (χ0v) is 10.8. The lowest BCUT2D eigenvalue weighted by atomic mass is 10.2. The highest BCUT2D eigenvalue weighted by molar-refractivity contribution is 6.31. The lowest BCUT2D eigenvalue weighted by Gasteiger charge is -2.18. The second-order valence-corrected chi connectivity index (χ2v) is 4.39. The van der Waals surface area contributed by atoms with Crippen LogP contribution in [0.1, 0.15) is 0 Å². The normalized spacial score (nSPS) is 10.2. The van der Waals surface area contributed by atoms with Crippen LogP contribution in [0.25, 0.3) is 0 Å². The summed E-state index contributed by atoms with van der Waals surface area (Å²) in [7, 11) is 3.80. The maximum absolute atomic E-state index is 11.9. The summed E-state index contributed by atoms with van der Waals surface area (Å²) >= 11 is 5.94. The summed E-state index contributed by atoms with van der Waals surface area (Å²) in [5.41, 5.74) is 1.54. The maximum Gasteiger partial charge on any atom is 0.331 e. The Bertz CT molecular complexity index is 551. The number of halogens is 1. The number of carbonyl (C=O) groups is 1. The third-order valence-corrected chi connectivity index (χ3v) is 2.66. The number of nitrogens with zero attached hydrogens (tertiary/aromatic N) is 3. The van der Waals surface area contributed by atoms with E-state index in [2.05, 4.69) is 10.3 Å². The van der Waals surface area contributed by atoms with E-state index in [-0.39, 0.29) is 6.03 Å². The molecular weight excluding hydrogens is 252 g/mol. The first-order valence-electron chi connectivity index (χ1n) is 5.34. The first-order chi connectivity index (χ1) is 8.58.